The highest BCUT2D eigenvalue weighted by Crippen LogP contribution is 2.34. The minimum Gasteiger partial charge on any atom is -0.476 e. The number of aromatic nitrogens is 1. The van der Waals surface area contributed by atoms with Crippen molar-refractivity contribution < 1.29 is 19.4 Å². The summed E-state index contributed by atoms with van der Waals surface area (Å²) in [5.41, 5.74) is 0.952. The second kappa shape index (κ2) is 6.78. The van der Waals surface area contributed by atoms with Crippen LogP contribution in [0.2, 0.25) is 0 Å². The zero-order valence-electron chi connectivity index (χ0n) is 12.3. The smallest absolute Gasteiger partial charge is 0.410 e. The maximum absolute atomic E-state index is 12.3. The first-order chi connectivity index (χ1) is 11.1. The van der Waals surface area contributed by atoms with Crippen molar-refractivity contribution in [3.63, 3.8) is 0 Å². The van der Waals surface area contributed by atoms with Crippen LogP contribution in [0, 0.1) is 0 Å². The molecule has 6 nitrogen and oxygen atoms in total. The van der Waals surface area contributed by atoms with Crippen LogP contribution in [0.25, 0.3) is 0 Å². The maximum Gasteiger partial charge on any atom is 0.410 e. The number of carbonyl (C=O) groups excluding carboxylic acids is 1. The van der Waals surface area contributed by atoms with E-state index in [0.717, 1.165) is 18.4 Å². The highest BCUT2D eigenvalue weighted by molar-refractivity contribution is 7.09. The number of aromatic carboxylic acids is 1. The Labute approximate surface area is 137 Å². The summed E-state index contributed by atoms with van der Waals surface area (Å²) in [6, 6.07) is 9.29. The van der Waals surface area contributed by atoms with Crippen LogP contribution in [0.1, 0.15) is 39.9 Å². The third-order valence-electron chi connectivity index (χ3n) is 3.72. The first kappa shape index (κ1) is 15.5. The van der Waals surface area contributed by atoms with E-state index in [1.54, 1.807) is 4.90 Å². The molecule has 1 N–H and O–H groups in total. The molecule has 1 fully saturated rings. The van der Waals surface area contributed by atoms with Gasteiger partial charge in [-0.3, -0.25) is 4.90 Å². The minimum absolute atomic E-state index is 0.0227. The van der Waals surface area contributed by atoms with Crippen molar-refractivity contribution in [3.05, 3.63) is 52.0 Å². The standard InChI is InChI=1S/C16H16N2O4S/c19-15(20)12-10-23-14(17-12)13-7-4-8-18(13)16(21)22-9-11-5-2-1-3-6-11/h1-3,5-6,10,13H,4,7-9H2,(H,19,20)/t13-/m0/s1. The van der Waals surface area contributed by atoms with Crippen LogP contribution in [-0.4, -0.2) is 33.6 Å². The molecular weight excluding hydrogens is 316 g/mol. The number of thiazole rings is 1. The molecule has 0 unspecified atom stereocenters. The number of carboxylic acid groups (broad SMARTS) is 1. The molecule has 0 radical (unpaired) electrons. The first-order valence-electron chi connectivity index (χ1n) is 7.31. The van der Waals surface area contributed by atoms with Gasteiger partial charge in [-0.15, -0.1) is 11.3 Å². The van der Waals surface area contributed by atoms with Crippen molar-refractivity contribution in [2.75, 3.05) is 6.54 Å². The second-order valence-electron chi connectivity index (χ2n) is 5.27. The van der Waals surface area contributed by atoms with Crippen LogP contribution in [0.4, 0.5) is 4.79 Å². The number of ether oxygens (including phenoxy) is 1. The third-order valence-corrected chi connectivity index (χ3v) is 4.66. The Bertz CT molecular complexity index is 701. The molecule has 2 heterocycles. The molecule has 2 aromatic rings. The lowest BCUT2D eigenvalue weighted by Crippen LogP contribution is -2.31. The highest BCUT2D eigenvalue weighted by atomic mass is 32.1. The largest absolute Gasteiger partial charge is 0.476 e. The molecule has 1 aromatic carbocycles. The lowest BCUT2D eigenvalue weighted by molar-refractivity contribution is 0.0691. The number of hydrogen-bond acceptors (Lipinski definition) is 5. The van der Waals surface area contributed by atoms with Crippen molar-refractivity contribution in [1.82, 2.24) is 9.88 Å². The fourth-order valence-corrected chi connectivity index (χ4v) is 3.52. The molecule has 3 rings (SSSR count). The summed E-state index contributed by atoms with van der Waals surface area (Å²) in [5, 5.41) is 11.1. The van der Waals surface area contributed by atoms with Gasteiger partial charge in [-0.05, 0) is 18.4 Å². The topological polar surface area (TPSA) is 79.7 Å². The molecule has 1 amide bonds. The Morgan fingerprint density at radius 3 is 2.83 bits per heavy atom. The SMILES string of the molecule is O=C(O)c1csc([C@@H]2CCCN2C(=O)OCc2ccccc2)n1. The summed E-state index contributed by atoms with van der Waals surface area (Å²) >= 11 is 1.27. The molecule has 120 valence electrons. The Kier molecular flexibility index (Phi) is 4.57. The molecule has 0 saturated carbocycles. The van der Waals surface area contributed by atoms with Gasteiger partial charge in [0.1, 0.15) is 11.6 Å². The molecule has 1 saturated heterocycles. The average Bonchev–Trinajstić information content (AvgIpc) is 3.22. The molecule has 23 heavy (non-hydrogen) atoms. The zero-order valence-corrected chi connectivity index (χ0v) is 13.2. The minimum atomic E-state index is -1.05. The molecule has 1 atom stereocenters. The number of carboxylic acids is 1. The van der Waals surface area contributed by atoms with E-state index in [9.17, 15) is 9.59 Å². The summed E-state index contributed by atoms with van der Waals surface area (Å²) in [4.78, 5) is 29.0. The fraction of sp³-hybridized carbons (Fsp3) is 0.312. The van der Waals surface area contributed by atoms with Crippen molar-refractivity contribution in [2.24, 2.45) is 0 Å². The highest BCUT2D eigenvalue weighted by Gasteiger charge is 2.33. The van der Waals surface area contributed by atoms with E-state index in [-0.39, 0.29) is 24.4 Å². The van der Waals surface area contributed by atoms with Gasteiger partial charge in [-0.25, -0.2) is 14.6 Å². The van der Waals surface area contributed by atoms with Crippen LogP contribution in [0.3, 0.4) is 0 Å². The van der Waals surface area contributed by atoms with Gasteiger partial charge < -0.3 is 9.84 Å². The number of rotatable bonds is 4. The fourth-order valence-electron chi connectivity index (χ4n) is 2.58. The van der Waals surface area contributed by atoms with E-state index in [1.807, 2.05) is 30.3 Å². The van der Waals surface area contributed by atoms with Crippen LogP contribution in [0.5, 0.6) is 0 Å². The van der Waals surface area contributed by atoms with Crippen molar-refractivity contribution >= 4 is 23.4 Å². The number of benzene rings is 1. The summed E-state index contributed by atoms with van der Waals surface area (Å²) in [6.07, 6.45) is 1.24. The molecule has 1 aromatic heterocycles. The number of hydrogen-bond donors (Lipinski definition) is 1. The summed E-state index contributed by atoms with van der Waals surface area (Å²) in [7, 11) is 0. The molecule has 0 bridgehead atoms. The molecule has 1 aliphatic heterocycles. The van der Waals surface area contributed by atoms with Crippen molar-refractivity contribution in [2.45, 2.75) is 25.5 Å². The van der Waals surface area contributed by atoms with Gasteiger partial charge in [0.05, 0.1) is 6.04 Å². The van der Waals surface area contributed by atoms with Gasteiger partial charge >= 0.3 is 12.1 Å². The van der Waals surface area contributed by atoms with Crippen LogP contribution in [-0.2, 0) is 11.3 Å². The van der Waals surface area contributed by atoms with E-state index >= 15 is 0 Å². The Morgan fingerprint density at radius 1 is 1.35 bits per heavy atom. The third kappa shape index (κ3) is 3.50. The molecular formula is C16H16N2O4S. The van der Waals surface area contributed by atoms with Gasteiger partial charge in [-0.1, -0.05) is 30.3 Å². The van der Waals surface area contributed by atoms with E-state index in [4.69, 9.17) is 9.84 Å². The van der Waals surface area contributed by atoms with Gasteiger partial charge in [0.15, 0.2) is 5.69 Å². The Hall–Kier alpha value is -2.41. The van der Waals surface area contributed by atoms with Crippen LogP contribution in [0.15, 0.2) is 35.7 Å². The number of carbonyl (C=O) groups is 2. The van der Waals surface area contributed by atoms with Gasteiger partial charge in [0.25, 0.3) is 0 Å². The quantitative estimate of drug-likeness (QED) is 0.929. The second-order valence-corrected chi connectivity index (χ2v) is 6.16. The predicted octanol–water partition coefficient (Wildman–Crippen LogP) is 3.32. The van der Waals surface area contributed by atoms with E-state index in [2.05, 4.69) is 4.98 Å². The summed E-state index contributed by atoms with van der Waals surface area (Å²) in [6.45, 7) is 0.821. The first-order valence-corrected chi connectivity index (χ1v) is 8.19. The Balaban J connectivity index is 1.65. The van der Waals surface area contributed by atoms with Gasteiger partial charge in [0.2, 0.25) is 0 Å². The van der Waals surface area contributed by atoms with Gasteiger partial charge in [0, 0.05) is 11.9 Å². The van der Waals surface area contributed by atoms with Gasteiger partial charge in [-0.2, -0.15) is 0 Å². The number of nitrogens with zero attached hydrogens (tertiary/aromatic N) is 2. The molecule has 7 heteroatoms. The maximum atomic E-state index is 12.3. The normalized spacial score (nSPS) is 17.2. The van der Waals surface area contributed by atoms with Crippen molar-refractivity contribution in [1.29, 1.82) is 0 Å². The van der Waals surface area contributed by atoms with Crippen molar-refractivity contribution in [3.8, 4) is 0 Å². The lowest BCUT2D eigenvalue weighted by Gasteiger charge is -2.22. The summed E-state index contributed by atoms with van der Waals surface area (Å²) in [5.74, 6) is -1.05. The molecule has 0 spiro atoms. The van der Waals surface area contributed by atoms with E-state index in [1.165, 1.54) is 16.7 Å². The zero-order chi connectivity index (χ0) is 16.2. The average molecular weight is 332 g/mol. The number of amides is 1. The lowest BCUT2D eigenvalue weighted by atomic mass is 10.2. The predicted molar refractivity (Wildman–Crippen MR) is 84.4 cm³/mol. The number of likely N-dealkylation sites (tertiary alicyclic amines) is 1. The molecule has 0 aliphatic carbocycles. The monoisotopic (exact) mass is 332 g/mol. The molecule has 1 aliphatic rings. The van der Waals surface area contributed by atoms with E-state index in [0.29, 0.717) is 11.6 Å². The van der Waals surface area contributed by atoms with Crippen LogP contribution >= 0.6 is 11.3 Å². The summed E-state index contributed by atoms with van der Waals surface area (Å²) < 4.78 is 5.37. The van der Waals surface area contributed by atoms with E-state index < -0.39 is 5.97 Å². The van der Waals surface area contributed by atoms with Crippen LogP contribution < -0.4 is 0 Å². The Morgan fingerprint density at radius 2 is 2.13 bits per heavy atom.